The summed E-state index contributed by atoms with van der Waals surface area (Å²) in [6.07, 6.45) is 3.50. The molecule has 2 N–H and O–H groups in total. The van der Waals surface area contributed by atoms with Crippen LogP contribution in [0.4, 0.5) is 0 Å². The molecule has 4 heteroatoms. The average molecular weight is 265 g/mol. The van der Waals surface area contributed by atoms with Crippen molar-refractivity contribution in [2.75, 3.05) is 0 Å². The molecule has 0 aliphatic heterocycles. The predicted octanol–water partition coefficient (Wildman–Crippen LogP) is 3.05. The number of fused-ring (bicyclic) bond motifs is 1. The Bertz CT molecular complexity index is 729. The van der Waals surface area contributed by atoms with E-state index in [1.165, 1.54) is 0 Å². The summed E-state index contributed by atoms with van der Waals surface area (Å²) in [7, 11) is 0. The van der Waals surface area contributed by atoms with Gasteiger partial charge < -0.3 is 5.32 Å². The van der Waals surface area contributed by atoms with E-state index in [4.69, 9.17) is 0 Å². The van der Waals surface area contributed by atoms with Crippen molar-refractivity contribution in [1.82, 2.24) is 15.5 Å². The van der Waals surface area contributed by atoms with Crippen LogP contribution in [-0.2, 0) is 0 Å². The molecule has 1 aromatic heterocycles. The van der Waals surface area contributed by atoms with Crippen LogP contribution in [0.1, 0.15) is 28.9 Å². The molecule has 1 amide bonds. The lowest BCUT2D eigenvalue weighted by Gasteiger charge is -2.13. The van der Waals surface area contributed by atoms with Crippen LogP contribution in [0.15, 0.2) is 54.9 Å². The summed E-state index contributed by atoms with van der Waals surface area (Å²) < 4.78 is 0. The molecule has 2 aromatic carbocycles. The van der Waals surface area contributed by atoms with Crippen LogP contribution in [0.5, 0.6) is 0 Å². The van der Waals surface area contributed by atoms with Crippen LogP contribution in [0.2, 0.25) is 0 Å². The van der Waals surface area contributed by atoms with Crippen molar-refractivity contribution in [1.29, 1.82) is 0 Å². The maximum atomic E-state index is 12.4. The third-order valence-electron chi connectivity index (χ3n) is 3.40. The summed E-state index contributed by atoms with van der Waals surface area (Å²) in [6, 6.07) is 13.6. The Balaban J connectivity index is 1.89. The van der Waals surface area contributed by atoms with Gasteiger partial charge in [-0.3, -0.25) is 9.89 Å². The Labute approximate surface area is 116 Å². The summed E-state index contributed by atoms with van der Waals surface area (Å²) in [4.78, 5) is 12.4. The molecule has 4 nitrogen and oxygen atoms in total. The number of carbonyl (C=O) groups excluding carboxylic acids is 1. The van der Waals surface area contributed by atoms with Crippen LogP contribution in [0, 0.1) is 0 Å². The zero-order chi connectivity index (χ0) is 13.9. The maximum Gasteiger partial charge on any atom is 0.252 e. The van der Waals surface area contributed by atoms with E-state index < -0.39 is 0 Å². The number of hydrogen-bond acceptors (Lipinski definition) is 2. The lowest BCUT2D eigenvalue weighted by molar-refractivity contribution is 0.0941. The van der Waals surface area contributed by atoms with Crippen LogP contribution < -0.4 is 5.32 Å². The van der Waals surface area contributed by atoms with E-state index in [0.717, 1.165) is 16.3 Å². The van der Waals surface area contributed by atoms with E-state index in [-0.39, 0.29) is 11.9 Å². The lowest BCUT2D eigenvalue weighted by Crippen LogP contribution is -2.26. The number of amides is 1. The molecule has 1 atom stereocenters. The fraction of sp³-hybridized carbons (Fsp3) is 0.125. The number of hydrogen-bond donors (Lipinski definition) is 2. The molecular formula is C16H15N3O. The Morgan fingerprint density at radius 2 is 2.00 bits per heavy atom. The first-order valence-corrected chi connectivity index (χ1v) is 6.53. The average Bonchev–Trinajstić information content (AvgIpc) is 3.01. The van der Waals surface area contributed by atoms with Gasteiger partial charge in [0.05, 0.1) is 12.2 Å². The van der Waals surface area contributed by atoms with E-state index in [0.29, 0.717) is 5.56 Å². The minimum Gasteiger partial charge on any atom is -0.345 e. The van der Waals surface area contributed by atoms with Gasteiger partial charge >= 0.3 is 0 Å². The standard InChI is InChI=1S/C16H15N3O/c1-11(13-9-17-18-10-13)19-16(20)15-8-4-6-12-5-2-3-7-14(12)15/h2-11H,1H3,(H,17,18)(H,19,20). The van der Waals surface area contributed by atoms with Crippen molar-refractivity contribution >= 4 is 16.7 Å². The summed E-state index contributed by atoms with van der Waals surface area (Å²) >= 11 is 0. The number of nitrogens with zero attached hydrogens (tertiary/aromatic N) is 1. The summed E-state index contributed by atoms with van der Waals surface area (Å²) in [6.45, 7) is 1.94. The molecule has 0 aliphatic rings. The molecule has 20 heavy (non-hydrogen) atoms. The fourth-order valence-electron chi connectivity index (χ4n) is 2.28. The Hall–Kier alpha value is -2.62. The first-order valence-electron chi connectivity index (χ1n) is 6.53. The monoisotopic (exact) mass is 265 g/mol. The molecule has 0 saturated carbocycles. The van der Waals surface area contributed by atoms with E-state index in [1.54, 1.807) is 12.4 Å². The van der Waals surface area contributed by atoms with Crippen LogP contribution in [0.3, 0.4) is 0 Å². The van der Waals surface area contributed by atoms with Crippen molar-refractivity contribution < 1.29 is 4.79 Å². The molecular weight excluding hydrogens is 250 g/mol. The SMILES string of the molecule is CC(NC(=O)c1cccc2ccccc12)c1cn[nH]c1. The van der Waals surface area contributed by atoms with Crippen LogP contribution >= 0.6 is 0 Å². The smallest absolute Gasteiger partial charge is 0.252 e. The van der Waals surface area contributed by atoms with Gasteiger partial charge in [0.1, 0.15) is 0 Å². The molecule has 1 heterocycles. The van der Waals surface area contributed by atoms with Crippen molar-refractivity contribution in [3.05, 3.63) is 66.0 Å². The molecule has 0 spiro atoms. The molecule has 0 saturated heterocycles. The Kier molecular flexibility index (Phi) is 3.21. The number of aromatic nitrogens is 2. The largest absolute Gasteiger partial charge is 0.345 e. The third-order valence-corrected chi connectivity index (χ3v) is 3.40. The van der Waals surface area contributed by atoms with Gasteiger partial charge in [0.15, 0.2) is 0 Å². The molecule has 0 radical (unpaired) electrons. The molecule has 3 rings (SSSR count). The summed E-state index contributed by atoms with van der Waals surface area (Å²) in [5, 5.41) is 11.7. The topological polar surface area (TPSA) is 57.8 Å². The number of carbonyl (C=O) groups is 1. The number of H-pyrrole nitrogens is 1. The molecule has 0 fully saturated rings. The van der Waals surface area contributed by atoms with Crippen LogP contribution in [0.25, 0.3) is 10.8 Å². The van der Waals surface area contributed by atoms with Gasteiger partial charge in [-0.05, 0) is 23.8 Å². The van der Waals surface area contributed by atoms with E-state index in [1.807, 2.05) is 49.4 Å². The highest BCUT2D eigenvalue weighted by atomic mass is 16.1. The van der Waals surface area contributed by atoms with E-state index in [2.05, 4.69) is 15.5 Å². The highest BCUT2D eigenvalue weighted by Crippen LogP contribution is 2.19. The number of nitrogens with one attached hydrogen (secondary N) is 2. The first-order chi connectivity index (χ1) is 9.75. The van der Waals surface area contributed by atoms with Gasteiger partial charge in [-0.15, -0.1) is 0 Å². The molecule has 3 aromatic rings. The van der Waals surface area contributed by atoms with Crippen molar-refractivity contribution in [2.24, 2.45) is 0 Å². The molecule has 1 unspecified atom stereocenters. The summed E-state index contributed by atoms with van der Waals surface area (Å²) in [5.74, 6) is -0.0736. The highest BCUT2D eigenvalue weighted by molar-refractivity contribution is 6.07. The van der Waals surface area contributed by atoms with Crippen molar-refractivity contribution in [3.8, 4) is 0 Å². The number of benzene rings is 2. The van der Waals surface area contributed by atoms with Gasteiger partial charge in [-0.2, -0.15) is 5.10 Å². The quantitative estimate of drug-likeness (QED) is 0.764. The second-order valence-corrected chi connectivity index (χ2v) is 4.75. The van der Waals surface area contributed by atoms with Gasteiger partial charge in [0.2, 0.25) is 0 Å². The normalized spacial score (nSPS) is 12.2. The highest BCUT2D eigenvalue weighted by Gasteiger charge is 2.14. The van der Waals surface area contributed by atoms with Crippen molar-refractivity contribution in [2.45, 2.75) is 13.0 Å². The number of rotatable bonds is 3. The maximum absolute atomic E-state index is 12.4. The zero-order valence-electron chi connectivity index (χ0n) is 11.1. The fourth-order valence-corrected chi connectivity index (χ4v) is 2.28. The molecule has 100 valence electrons. The van der Waals surface area contributed by atoms with Gasteiger partial charge in [-0.25, -0.2) is 0 Å². The molecule has 0 aliphatic carbocycles. The predicted molar refractivity (Wildman–Crippen MR) is 78.4 cm³/mol. The van der Waals surface area contributed by atoms with Gasteiger partial charge in [0.25, 0.3) is 5.91 Å². The Morgan fingerprint density at radius 3 is 2.80 bits per heavy atom. The minimum absolute atomic E-state index is 0.0736. The first kappa shape index (κ1) is 12.4. The van der Waals surface area contributed by atoms with Crippen molar-refractivity contribution in [3.63, 3.8) is 0 Å². The second-order valence-electron chi connectivity index (χ2n) is 4.75. The van der Waals surface area contributed by atoms with Gasteiger partial charge in [0, 0.05) is 17.3 Å². The third kappa shape index (κ3) is 2.28. The number of aromatic amines is 1. The minimum atomic E-state index is -0.0831. The summed E-state index contributed by atoms with van der Waals surface area (Å²) in [5.41, 5.74) is 1.65. The Morgan fingerprint density at radius 1 is 1.20 bits per heavy atom. The molecule has 0 bridgehead atoms. The van der Waals surface area contributed by atoms with Crippen LogP contribution in [-0.4, -0.2) is 16.1 Å². The lowest BCUT2D eigenvalue weighted by atomic mass is 10.0. The zero-order valence-corrected chi connectivity index (χ0v) is 11.1. The second kappa shape index (κ2) is 5.17. The van der Waals surface area contributed by atoms with Gasteiger partial charge in [-0.1, -0.05) is 36.4 Å². The van der Waals surface area contributed by atoms with E-state index >= 15 is 0 Å². The van der Waals surface area contributed by atoms with E-state index in [9.17, 15) is 4.79 Å².